The Morgan fingerprint density at radius 2 is 1.85 bits per heavy atom. The zero-order chi connectivity index (χ0) is 10.3. The van der Waals surface area contributed by atoms with E-state index in [0.29, 0.717) is 6.10 Å². The van der Waals surface area contributed by atoms with E-state index in [2.05, 4.69) is 34.6 Å². The first-order valence-electron chi connectivity index (χ1n) is 5.43. The number of hydrogen-bond acceptors (Lipinski definition) is 1. The van der Waals surface area contributed by atoms with Crippen molar-refractivity contribution >= 4 is 0 Å². The Kier molecular flexibility index (Phi) is 6.40. The van der Waals surface area contributed by atoms with Crippen molar-refractivity contribution in [3.05, 3.63) is 6.92 Å². The van der Waals surface area contributed by atoms with Gasteiger partial charge in [0.15, 0.2) is 0 Å². The molecule has 0 rings (SSSR count). The monoisotopic (exact) mass is 185 g/mol. The van der Waals surface area contributed by atoms with Crippen LogP contribution in [0.3, 0.4) is 0 Å². The Balaban J connectivity index is 3.61. The fourth-order valence-electron chi connectivity index (χ4n) is 1.34. The Labute approximate surface area is 83.9 Å². The molecule has 0 bridgehead atoms. The van der Waals surface area contributed by atoms with E-state index >= 15 is 0 Å². The molecule has 0 fully saturated rings. The van der Waals surface area contributed by atoms with Crippen LogP contribution in [0.4, 0.5) is 0 Å². The first-order valence-corrected chi connectivity index (χ1v) is 5.43. The maximum absolute atomic E-state index is 5.80. The first kappa shape index (κ1) is 13.0. The van der Waals surface area contributed by atoms with Gasteiger partial charge < -0.3 is 4.74 Å². The molecule has 0 amide bonds. The second-order valence-corrected chi connectivity index (χ2v) is 4.72. The normalized spacial score (nSPS) is 14.5. The molecule has 0 heterocycles. The quantitative estimate of drug-likeness (QED) is 0.571. The molecule has 1 nitrogen and oxygen atoms in total. The standard InChI is InChI=1S/C12H25O/c1-6-8-9-10-13-11(7-2)12(3,4)5/h11H,2,6-10H2,1,3-5H3. The second kappa shape index (κ2) is 6.42. The lowest BCUT2D eigenvalue weighted by Gasteiger charge is -2.29. The Hall–Kier alpha value is -0.0400. The van der Waals surface area contributed by atoms with Gasteiger partial charge in [-0.1, -0.05) is 47.5 Å². The van der Waals surface area contributed by atoms with Gasteiger partial charge in [-0.3, -0.25) is 0 Å². The van der Waals surface area contributed by atoms with Gasteiger partial charge in [0.05, 0.1) is 6.10 Å². The Morgan fingerprint density at radius 3 is 2.23 bits per heavy atom. The fourth-order valence-corrected chi connectivity index (χ4v) is 1.34. The highest BCUT2D eigenvalue weighted by atomic mass is 16.5. The lowest BCUT2D eigenvalue weighted by atomic mass is 9.87. The van der Waals surface area contributed by atoms with Crippen molar-refractivity contribution in [1.82, 2.24) is 0 Å². The summed E-state index contributed by atoms with van der Waals surface area (Å²) in [5.74, 6) is 0. The molecule has 0 aliphatic rings. The van der Waals surface area contributed by atoms with Crippen LogP contribution in [0.2, 0.25) is 0 Å². The zero-order valence-electron chi connectivity index (χ0n) is 9.73. The van der Waals surface area contributed by atoms with Gasteiger partial charge >= 0.3 is 0 Å². The van der Waals surface area contributed by atoms with Crippen LogP contribution in [0.1, 0.15) is 53.4 Å². The average molecular weight is 185 g/mol. The van der Waals surface area contributed by atoms with E-state index in [1.807, 2.05) is 0 Å². The van der Waals surface area contributed by atoms with Gasteiger partial charge in [-0.25, -0.2) is 0 Å². The fraction of sp³-hybridized carbons (Fsp3) is 0.917. The molecule has 0 aromatic carbocycles. The summed E-state index contributed by atoms with van der Waals surface area (Å²) in [6, 6.07) is 0. The lowest BCUT2D eigenvalue weighted by Crippen LogP contribution is -2.29. The summed E-state index contributed by atoms with van der Waals surface area (Å²) < 4.78 is 5.80. The van der Waals surface area contributed by atoms with E-state index in [1.165, 1.54) is 19.3 Å². The molecule has 13 heavy (non-hydrogen) atoms. The summed E-state index contributed by atoms with van der Waals surface area (Å²) in [6.45, 7) is 13.7. The van der Waals surface area contributed by atoms with Gasteiger partial charge in [0, 0.05) is 6.61 Å². The third-order valence-electron chi connectivity index (χ3n) is 2.30. The summed E-state index contributed by atoms with van der Waals surface area (Å²) in [4.78, 5) is 0. The predicted octanol–water partition coefficient (Wildman–Crippen LogP) is 3.83. The maximum Gasteiger partial charge on any atom is 0.0623 e. The molecule has 1 heteroatoms. The number of rotatable bonds is 6. The van der Waals surface area contributed by atoms with Gasteiger partial charge in [0.25, 0.3) is 0 Å². The largest absolute Gasteiger partial charge is 0.378 e. The second-order valence-electron chi connectivity index (χ2n) is 4.72. The molecular formula is C12H25O. The van der Waals surface area contributed by atoms with Crippen LogP contribution in [-0.2, 0) is 4.74 Å². The van der Waals surface area contributed by atoms with E-state index in [-0.39, 0.29) is 5.41 Å². The van der Waals surface area contributed by atoms with E-state index in [4.69, 9.17) is 4.74 Å². The molecule has 1 radical (unpaired) electrons. The van der Waals surface area contributed by atoms with E-state index < -0.39 is 0 Å². The summed E-state index contributed by atoms with van der Waals surface area (Å²) in [5, 5.41) is 0. The summed E-state index contributed by atoms with van der Waals surface area (Å²) in [6.07, 6.45) is 4.89. The van der Waals surface area contributed by atoms with Crippen LogP contribution < -0.4 is 0 Å². The molecule has 0 aromatic rings. The van der Waals surface area contributed by atoms with Gasteiger partial charge in [0.1, 0.15) is 0 Å². The van der Waals surface area contributed by atoms with Crippen LogP contribution >= 0.6 is 0 Å². The third kappa shape index (κ3) is 6.09. The highest BCUT2D eigenvalue weighted by molar-refractivity contribution is 4.75. The smallest absolute Gasteiger partial charge is 0.0623 e. The van der Waals surface area contributed by atoms with Crippen molar-refractivity contribution in [2.45, 2.75) is 59.5 Å². The average Bonchev–Trinajstić information content (AvgIpc) is 2.02. The maximum atomic E-state index is 5.80. The first-order chi connectivity index (χ1) is 6.02. The third-order valence-corrected chi connectivity index (χ3v) is 2.30. The van der Waals surface area contributed by atoms with Crippen molar-refractivity contribution < 1.29 is 4.74 Å². The molecular weight excluding hydrogens is 160 g/mol. The molecule has 1 unspecified atom stereocenters. The number of ether oxygens (including phenoxy) is 1. The van der Waals surface area contributed by atoms with Crippen molar-refractivity contribution in [3.63, 3.8) is 0 Å². The van der Waals surface area contributed by atoms with Crippen molar-refractivity contribution in [2.75, 3.05) is 6.61 Å². The van der Waals surface area contributed by atoms with Crippen molar-refractivity contribution in [1.29, 1.82) is 0 Å². The van der Waals surface area contributed by atoms with E-state index in [9.17, 15) is 0 Å². The molecule has 79 valence electrons. The minimum Gasteiger partial charge on any atom is -0.378 e. The van der Waals surface area contributed by atoms with Crippen LogP contribution in [0.5, 0.6) is 0 Å². The van der Waals surface area contributed by atoms with Crippen molar-refractivity contribution in [2.24, 2.45) is 5.41 Å². The summed E-state index contributed by atoms with van der Waals surface area (Å²) >= 11 is 0. The number of hydrogen-bond donors (Lipinski definition) is 0. The molecule has 0 spiro atoms. The molecule has 1 atom stereocenters. The van der Waals surface area contributed by atoms with Crippen LogP contribution in [0.25, 0.3) is 0 Å². The minimum absolute atomic E-state index is 0.230. The van der Waals surface area contributed by atoms with Crippen LogP contribution in [0, 0.1) is 12.3 Å². The van der Waals surface area contributed by atoms with E-state index in [1.54, 1.807) is 0 Å². The van der Waals surface area contributed by atoms with Gasteiger partial charge in [0.2, 0.25) is 0 Å². The van der Waals surface area contributed by atoms with Crippen LogP contribution in [0.15, 0.2) is 0 Å². The molecule has 0 aromatic heterocycles. The predicted molar refractivity (Wildman–Crippen MR) is 58.7 cm³/mol. The molecule has 0 saturated heterocycles. The summed E-state index contributed by atoms with van der Waals surface area (Å²) in [7, 11) is 0. The van der Waals surface area contributed by atoms with Gasteiger partial charge in [-0.05, 0) is 18.3 Å². The molecule has 0 saturated carbocycles. The minimum atomic E-state index is 0.230. The zero-order valence-corrected chi connectivity index (χ0v) is 9.73. The highest BCUT2D eigenvalue weighted by Gasteiger charge is 2.22. The lowest BCUT2D eigenvalue weighted by molar-refractivity contribution is -0.0173. The highest BCUT2D eigenvalue weighted by Crippen LogP contribution is 2.24. The van der Waals surface area contributed by atoms with Crippen molar-refractivity contribution in [3.8, 4) is 0 Å². The van der Waals surface area contributed by atoms with Crippen LogP contribution in [-0.4, -0.2) is 12.7 Å². The Bertz CT molecular complexity index is 113. The topological polar surface area (TPSA) is 9.23 Å². The van der Waals surface area contributed by atoms with Gasteiger partial charge in [-0.2, -0.15) is 0 Å². The molecule has 0 N–H and O–H groups in total. The Morgan fingerprint density at radius 1 is 1.23 bits per heavy atom. The summed E-state index contributed by atoms with van der Waals surface area (Å²) in [5.41, 5.74) is 0.230. The van der Waals surface area contributed by atoms with E-state index in [0.717, 1.165) is 13.0 Å². The molecule has 0 aliphatic heterocycles. The van der Waals surface area contributed by atoms with Gasteiger partial charge in [-0.15, -0.1) is 0 Å². The number of unbranched alkanes of at least 4 members (excludes halogenated alkanes) is 2. The molecule has 0 aliphatic carbocycles. The SMILES string of the molecule is [CH2]CC(OCCCCC)C(C)(C)C.